The predicted octanol–water partition coefficient (Wildman–Crippen LogP) is 2.89. The lowest BCUT2D eigenvalue weighted by Crippen LogP contribution is -2.35. The average molecular weight is 313 g/mol. The van der Waals surface area contributed by atoms with Crippen molar-refractivity contribution in [3.05, 3.63) is 91.0 Å². The molecule has 0 spiro atoms. The molecule has 3 aromatic carbocycles. The molecule has 0 saturated carbocycles. The first-order valence-electron chi connectivity index (χ1n) is 7.73. The summed E-state index contributed by atoms with van der Waals surface area (Å²) in [6, 6.07) is 28.8. The highest BCUT2D eigenvalue weighted by Gasteiger charge is 2.25. The Labute approximate surface area is 139 Å². The molecule has 0 aliphatic heterocycles. The van der Waals surface area contributed by atoms with Crippen molar-refractivity contribution in [1.82, 2.24) is 9.78 Å². The van der Waals surface area contributed by atoms with E-state index in [1.165, 1.54) is 0 Å². The molecule has 24 heavy (non-hydrogen) atoms. The van der Waals surface area contributed by atoms with Crippen molar-refractivity contribution in [2.24, 2.45) is 0 Å². The van der Waals surface area contributed by atoms with E-state index in [4.69, 9.17) is 0 Å². The molecule has 0 fully saturated rings. The third-order valence-corrected chi connectivity index (χ3v) is 3.84. The average Bonchev–Trinajstić information content (AvgIpc) is 3.01. The van der Waals surface area contributed by atoms with Crippen molar-refractivity contribution in [3.63, 3.8) is 0 Å². The quantitative estimate of drug-likeness (QED) is 0.546. The third kappa shape index (κ3) is 2.44. The van der Waals surface area contributed by atoms with Gasteiger partial charge >= 0.3 is 0 Å². The highest BCUT2D eigenvalue weighted by atomic mass is 16.3. The van der Waals surface area contributed by atoms with Crippen LogP contribution in [0.25, 0.3) is 22.8 Å². The number of hydrogen-bond acceptors (Lipinski definition) is 2. The number of hydrogen-bond donors (Lipinski definition) is 0. The van der Waals surface area contributed by atoms with Gasteiger partial charge in [0.1, 0.15) is 11.4 Å². The summed E-state index contributed by atoms with van der Waals surface area (Å²) in [6.07, 6.45) is 0. The van der Waals surface area contributed by atoms with Crippen LogP contribution in [-0.2, 0) is 0 Å². The molecule has 116 valence electrons. The maximum atomic E-state index is 12.6. The van der Waals surface area contributed by atoms with Crippen molar-refractivity contribution in [2.45, 2.75) is 0 Å². The molecule has 0 aliphatic carbocycles. The van der Waals surface area contributed by atoms with Crippen molar-refractivity contribution >= 4 is 0 Å². The van der Waals surface area contributed by atoms with Crippen LogP contribution in [-0.4, -0.2) is 9.78 Å². The highest BCUT2D eigenvalue weighted by molar-refractivity contribution is 5.56. The second kappa shape index (κ2) is 6.01. The van der Waals surface area contributed by atoms with E-state index in [1.54, 1.807) is 9.25 Å². The summed E-state index contributed by atoms with van der Waals surface area (Å²) in [5.74, 6) is 0.734. The lowest BCUT2D eigenvalue weighted by molar-refractivity contribution is -0.642. The summed E-state index contributed by atoms with van der Waals surface area (Å²) in [5, 5.41) is 16.9. The second-order valence-electron chi connectivity index (χ2n) is 5.39. The molecule has 4 nitrogen and oxygen atoms in total. The van der Waals surface area contributed by atoms with Crippen molar-refractivity contribution in [2.75, 3.05) is 0 Å². The lowest BCUT2D eigenvalue weighted by Gasteiger charge is -2.07. The zero-order valence-electron chi connectivity index (χ0n) is 12.9. The number of para-hydroxylation sites is 2. The maximum Gasteiger partial charge on any atom is 0.278 e. The molecule has 0 saturated heterocycles. The zero-order chi connectivity index (χ0) is 16.4. The molecule has 0 radical (unpaired) electrons. The molecule has 4 heteroatoms. The van der Waals surface area contributed by atoms with E-state index in [-0.39, 0.29) is 6.01 Å². The van der Waals surface area contributed by atoms with Crippen LogP contribution in [0.15, 0.2) is 91.0 Å². The lowest BCUT2D eigenvalue weighted by atomic mass is 10.2. The van der Waals surface area contributed by atoms with Crippen LogP contribution < -0.4 is 9.67 Å². The second-order valence-corrected chi connectivity index (χ2v) is 5.39. The van der Waals surface area contributed by atoms with E-state index >= 15 is 0 Å². The van der Waals surface area contributed by atoms with E-state index in [2.05, 4.69) is 5.10 Å². The zero-order valence-corrected chi connectivity index (χ0v) is 12.9. The van der Waals surface area contributed by atoms with E-state index in [0.717, 1.165) is 22.8 Å². The molecular weight excluding hydrogens is 298 g/mol. The first-order chi connectivity index (χ1) is 11.8. The van der Waals surface area contributed by atoms with Gasteiger partial charge in [-0.25, -0.2) is 4.57 Å². The molecule has 0 N–H and O–H groups in total. The first-order valence-corrected chi connectivity index (χ1v) is 7.73. The Hall–Kier alpha value is -3.40. The Morgan fingerprint density at radius 2 is 1.25 bits per heavy atom. The van der Waals surface area contributed by atoms with Crippen LogP contribution >= 0.6 is 0 Å². The molecule has 4 rings (SSSR count). The summed E-state index contributed by atoms with van der Waals surface area (Å²) >= 11 is 0. The Balaban J connectivity index is 2.03. The number of aromatic nitrogens is 3. The van der Waals surface area contributed by atoms with Crippen LogP contribution in [0, 0.1) is 0 Å². The van der Waals surface area contributed by atoms with Gasteiger partial charge in [-0.05, 0) is 36.4 Å². The monoisotopic (exact) mass is 313 g/mol. The van der Waals surface area contributed by atoms with Gasteiger partial charge in [0.05, 0.1) is 5.56 Å². The first kappa shape index (κ1) is 14.2. The molecule has 0 amide bonds. The van der Waals surface area contributed by atoms with Crippen molar-refractivity contribution < 1.29 is 9.67 Å². The number of rotatable bonds is 3. The molecule has 4 aromatic rings. The van der Waals surface area contributed by atoms with Gasteiger partial charge < -0.3 is 5.11 Å². The van der Waals surface area contributed by atoms with Gasteiger partial charge in [-0.2, -0.15) is 0 Å². The summed E-state index contributed by atoms with van der Waals surface area (Å²) < 4.78 is 3.34. The van der Waals surface area contributed by atoms with Crippen LogP contribution in [0.3, 0.4) is 0 Å². The minimum atomic E-state index is -0.302. The molecule has 0 unspecified atom stereocenters. The van der Waals surface area contributed by atoms with Gasteiger partial charge in [-0.1, -0.05) is 59.3 Å². The molecule has 0 aliphatic rings. The number of nitrogens with zero attached hydrogens (tertiary/aromatic N) is 3. The Morgan fingerprint density at radius 1 is 0.708 bits per heavy atom. The molecule has 1 heterocycles. The van der Waals surface area contributed by atoms with Crippen LogP contribution in [0.4, 0.5) is 0 Å². The normalized spacial score (nSPS) is 10.7. The molecule has 0 atom stereocenters. The van der Waals surface area contributed by atoms with Crippen LogP contribution in [0.2, 0.25) is 0 Å². The number of benzene rings is 3. The maximum absolute atomic E-state index is 12.6. The van der Waals surface area contributed by atoms with E-state index in [9.17, 15) is 5.11 Å². The Bertz CT molecular complexity index is 948. The van der Waals surface area contributed by atoms with Crippen LogP contribution in [0.5, 0.6) is 6.01 Å². The summed E-state index contributed by atoms with van der Waals surface area (Å²) in [5.41, 5.74) is 2.58. The smallest absolute Gasteiger partial charge is 0.278 e. The minimum absolute atomic E-state index is 0.302. The SMILES string of the molecule is [O-]c1nn(-c2ccccc2)c(-c2ccccc2)[n+]1-c1ccccc1. The van der Waals surface area contributed by atoms with Gasteiger partial charge in [-0.15, -0.1) is 0 Å². The fourth-order valence-corrected chi connectivity index (χ4v) is 2.76. The Kier molecular flexibility index (Phi) is 3.56. The Morgan fingerprint density at radius 3 is 1.88 bits per heavy atom. The fraction of sp³-hybridized carbons (Fsp3) is 0. The topological polar surface area (TPSA) is 44.8 Å². The standard InChI is InChI=1S/C20H15N3O/c24-20-21-23(18-14-8-3-9-15-18)19(16-10-4-1-5-11-16)22(20)17-12-6-2-7-13-17/h1-15H. The summed E-state index contributed by atoms with van der Waals surface area (Å²) in [7, 11) is 0. The summed E-state index contributed by atoms with van der Waals surface area (Å²) in [4.78, 5) is 0. The molecule has 0 bridgehead atoms. The van der Waals surface area contributed by atoms with Gasteiger partial charge in [0, 0.05) is 5.10 Å². The summed E-state index contributed by atoms with van der Waals surface area (Å²) in [6.45, 7) is 0. The fourth-order valence-electron chi connectivity index (χ4n) is 2.76. The highest BCUT2D eigenvalue weighted by Crippen LogP contribution is 2.22. The van der Waals surface area contributed by atoms with E-state index < -0.39 is 0 Å². The van der Waals surface area contributed by atoms with E-state index in [0.29, 0.717) is 0 Å². The van der Waals surface area contributed by atoms with Crippen LogP contribution in [0.1, 0.15) is 0 Å². The molecule has 1 aromatic heterocycles. The van der Waals surface area contributed by atoms with Gasteiger partial charge in [0.2, 0.25) is 0 Å². The predicted molar refractivity (Wildman–Crippen MR) is 90.0 cm³/mol. The van der Waals surface area contributed by atoms with Gasteiger partial charge in [0.15, 0.2) is 0 Å². The van der Waals surface area contributed by atoms with Gasteiger partial charge in [-0.3, -0.25) is 0 Å². The van der Waals surface area contributed by atoms with Crippen molar-refractivity contribution in [1.29, 1.82) is 0 Å². The van der Waals surface area contributed by atoms with Crippen molar-refractivity contribution in [3.8, 4) is 28.8 Å². The van der Waals surface area contributed by atoms with Gasteiger partial charge in [0.25, 0.3) is 11.8 Å². The van der Waals surface area contributed by atoms with E-state index in [1.807, 2.05) is 91.0 Å². The largest absolute Gasteiger partial charge is 0.817 e. The minimum Gasteiger partial charge on any atom is -0.817 e. The third-order valence-electron chi connectivity index (χ3n) is 3.84. The molecular formula is C20H15N3O.